The van der Waals surface area contributed by atoms with Gasteiger partial charge >= 0.3 is 6.03 Å². The summed E-state index contributed by atoms with van der Waals surface area (Å²) in [6, 6.07) is 14.3. The third-order valence-electron chi connectivity index (χ3n) is 6.11. The lowest BCUT2D eigenvalue weighted by Gasteiger charge is -2.36. The zero-order valence-corrected chi connectivity index (χ0v) is 17.9. The Bertz CT molecular complexity index is 1190. The predicted molar refractivity (Wildman–Crippen MR) is 119 cm³/mol. The molecule has 1 fully saturated rings. The SMILES string of the molecule is O=C(NO)c1ccc2c(c1)OCC(c1cccc3ncccc13)N(C(=O)N1CCOCC1)C2. The molecule has 1 aromatic heterocycles. The van der Waals surface area contributed by atoms with Gasteiger partial charge < -0.3 is 19.3 Å². The van der Waals surface area contributed by atoms with E-state index in [0.29, 0.717) is 38.6 Å². The molecule has 1 saturated heterocycles. The summed E-state index contributed by atoms with van der Waals surface area (Å²) in [7, 11) is 0. The third-order valence-corrected chi connectivity index (χ3v) is 6.11. The number of nitrogens with one attached hydrogen (secondary N) is 1. The van der Waals surface area contributed by atoms with Crippen LogP contribution in [-0.4, -0.2) is 64.8 Å². The molecule has 3 aromatic rings. The van der Waals surface area contributed by atoms with Gasteiger partial charge in [-0.15, -0.1) is 0 Å². The molecule has 0 spiro atoms. The van der Waals surface area contributed by atoms with E-state index in [1.807, 2.05) is 35.2 Å². The number of morpholine rings is 1. The van der Waals surface area contributed by atoms with Crippen LogP contribution in [0.5, 0.6) is 5.75 Å². The van der Waals surface area contributed by atoms with Crippen molar-refractivity contribution in [2.75, 3.05) is 32.9 Å². The average molecular weight is 448 g/mol. The number of amides is 3. The van der Waals surface area contributed by atoms with Crippen LogP contribution in [0, 0.1) is 0 Å². The first-order valence-electron chi connectivity index (χ1n) is 10.8. The molecule has 5 rings (SSSR count). The van der Waals surface area contributed by atoms with Crippen molar-refractivity contribution in [3.05, 3.63) is 71.4 Å². The van der Waals surface area contributed by atoms with Gasteiger partial charge in [-0.2, -0.15) is 0 Å². The standard InChI is InChI=1S/C24H24N4O5/c29-23(26-31)16-6-7-17-14-28(24(30)27-9-11-32-12-10-27)21(15-33-22(17)13-16)19-3-1-5-20-18(19)4-2-8-25-20/h1-8,13,21,31H,9-12,14-15H2,(H,26,29). The maximum atomic E-state index is 13.7. The highest BCUT2D eigenvalue weighted by Gasteiger charge is 2.34. The maximum Gasteiger partial charge on any atom is 0.321 e. The number of hydrogen-bond donors (Lipinski definition) is 2. The van der Waals surface area contributed by atoms with Crippen LogP contribution < -0.4 is 10.2 Å². The van der Waals surface area contributed by atoms with Gasteiger partial charge in [0, 0.05) is 35.8 Å². The van der Waals surface area contributed by atoms with E-state index in [4.69, 9.17) is 14.7 Å². The van der Waals surface area contributed by atoms with Crippen LogP contribution in [0.2, 0.25) is 0 Å². The molecule has 3 amide bonds. The highest BCUT2D eigenvalue weighted by atomic mass is 16.5. The number of pyridine rings is 1. The van der Waals surface area contributed by atoms with Gasteiger partial charge in [-0.25, -0.2) is 10.3 Å². The van der Waals surface area contributed by atoms with Crippen molar-refractivity contribution in [3.63, 3.8) is 0 Å². The number of fused-ring (bicyclic) bond motifs is 2. The molecule has 2 aliphatic rings. The Kier molecular flexibility index (Phi) is 5.80. The van der Waals surface area contributed by atoms with E-state index in [1.54, 1.807) is 34.8 Å². The number of benzene rings is 2. The van der Waals surface area contributed by atoms with E-state index in [0.717, 1.165) is 22.0 Å². The Balaban J connectivity index is 1.57. The van der Waals surface area contributed by atoms with Crippen molar-refractivity contribution in [2.24, 2.45) is 0 Å². The quantitative estimate of drug-likeness (QED) is 0.462. The molecule has 1 unspecified atom stereocenters. The van der Waals surface area contributed by atoms with Gasteiger partial charge in [0.1, 0.15) is 12.4 Å². The summed E-state index contributed by atoms with van der Waals surface area (Å²) in [5.74, 6) is -0.111. The topological polar surface area (TPSA) is 104 Å². The molecule has 1 atom stereocenters. The largest absolute Gasteiger partial charge is 0.491 e. The van der Waals surface area contributed by atoms with Crippen LogP contribution in [0.3, 0.4) is 0 Å². The number of ether oxygens (including phenoxy) is 2. The summed E-state index contributed by atoms with van der Waals surface area (Å²) in [6.07, 6.45) is 1.75. The van der Waals surface area contributed by atoms with Crippen LogP contribution in [-0.2, 0) is 11.3 Å². The smallest absolute Gasteiger partial charge is 0.321 e. The predicted octanol–water partition coefficient (Wildman–Crippen LogP) is 2.74. The Morgan fingerprint density at radius 1 is 1.09 bits per heavy atom. The summed E-state index contributed by atoms with van der Waals surface area (Å²) >= 11 is 0. The van der Waals surface area contributed by atoms with Gasteiger partial charge in [-0.3, -0.25) is 15.0 Å². The minimum atomic E-state index is -0.622. The van der Waals surface area contributed by atoms with Crippen LogP contribution in [0.15, 0.2) is 54.7 Å². The molecule has 33 heavy (non-hydrogen) atoms. The van der Waals surface area contributed by atoms with Crippen molar-refractivity contribution in [3.8, 4) is 5.75 Å². The van der Waals surface area contributed by atoms with Gasteiger partial charge in [-0.05, 0) is 29.8 Å². The number of carbonyl (C=O) groups is 2. The second kappa shape index (κ2) is 9.05. The number of hydrogen-bond acceptors (Lipinski definition) is 6. The zero-order chi connectivity index (χ0) is 22.8. The average Bonchev–Trinajstić information content (AvgIpc) is 3.07. The number of urea groups is 1. The van der Waals surface area contributed by atoms with E-state index >= 15 is 0 Å². The molecule has 0 aliphatic carbocycles. The van der Waals surface area contributed by atoms with Gasteiger partial charge in [0.2, 0.25) is 0 Å². The molecule has 0 saturated carbocycles. The Hall–Kier alpha value is -3.69. The van der Waals surface area contributed by atoms with Crippen LogP contribution in [0.1, 0.15) is 27.5 Å². The summed E-state index contributed by atoms with van der Waals surface area (Å²) in [6.45, 7) is 2.60. The lowest BCUT2D eigenvalue weighted by atomic mass is 10.00. The molecule has 170 valence electrons. The minimum absolute atomic E-state index is 0.0854. The molecular formula is C24H24N4O5. The lowest BCUT2D eigenvalue weighted by Crippen LogP contribution is -2.49. The van der Waals surface area contributed by atoms with Crippen LogP contribution >= 0.6 is 0 Å². The Morgan fingerprint density at radius 2 is 1.94 bits per heavy atom. The van der Waals surface area contributed by atoms with Crippen LogP contribution in [0.4, 0.5) is 4.79 Å². The molecule has 2 N–H and O–H groups in total. The summed E-state index contributed by atoms with van der Waals surface area (Å²) < 4.78 is 11.6. The second-order valence-electron chi connectivity index (χ2n) is 8.02. The van der Waals surface area contributed by atoms with E-state index in [2.05, 4.69) is 4.98 Å². The van der Waals surface area contributed by atoms with Crippen molar-refractivity contribution in [1.82, 2.24) is 20.3 Å². The Morgan fingerprint density at radius 3 is 2.76 bits per heavy atom. The summed E-state index contributed by atoms with van der Waals surface area (Å²) in [5.41, 5.74) is 4.49. The van der Waals surface area contributed by atoms with E-state index < -0.39 is 5.91 Å². The molecule has 9 nitrogen and oxygen atoms in total. The molecule has 2 aromatic carbocycles. The van der Waals surface area contributed by atoms with Gasteiger partial charge in [0.15, 0.2) is 0 Å². The fraction of sp³-hybridized carbons (Fsp3) is 0.292. The van der Waals surface area contributed by atoms with Crippen molar-refractivity contribution < 1.29 is 24.3 Å². The highest BCUT2D eigenvalue weighted by molar-refractivity contribution is 5.94. The van der Waals surface area contributed by atoms with Crippen molar-refractivity contribution in [2.45, 2.75) is 12.6 Å². The number of carbonyl (C=O) groups excluding carboxylic acids is 2. The fourth-order valence-corrected chi connectivity index (χ4v) is 4.39. The molecule has 0 bridgehead atoms. The summed E-state index contributed by atoms with van der Waals surface area (Å²) in [4.78, 5) is 33.7. The van der Waals surface area contributed by atoms with E-state index in [9.17, 15) is 9.59 Å². The lowest BCUT2D eigenvalue weighted by molar-refractivity contribution is 0.0363. The fourth-order valence-electron chi connectivity index (χ4n) is 4.39. The second-order valence-corrected chi connectivity index (χ2v) is 8.02. The summed E-state index contributed by atoms with van der Waals surface area (Å²) in [5, 5.41) is 9.94. The highest BCUT2D eigenvalue weighted by Crippen LogP contribution is 2.35. The number of nitrogens with zero attached hydrogens (tertiary/aromatic N) is 3. The molecular weight excluding hydrogens is 424 g/mol. The first kappa shape index (κ1) is 21.2. The van der Waals surface area contributed by atoms with Crippen molar-refractivity contribution >= 4 is 22.8 Å². The Labute approximate surface area is 190 Å². The van der Waals surface area contributed by atoms with Gasteiger partial charge in [0.25, 0.3) is 5.91 Å². The van der Waals surface area contributed by atoms with E-state index in [-0.39, 0.29) is 24.2 Å². The zero-order valence-electron chi connectivity index (χ0n) is 17.9. The normalized spacial score (nSPS) is 18.3. The maximum absolute atomic E-state index is 13.7. The molecule has 9 heteroatoms. The molecule has 3 heterocycles. The van der Waals surface area contributed by atoms with Crippen molar-refractivity contribution in [1.29, 1.82) is 0 Å². The number of rotatable bonds is 2. The van der Waals surface area contributed by atoms with Crippen LogP contribution in [0.25, 0.3) is 10.9 Å². The van der Waals surface area contributed by atoms with E-state index in [1.165, 1.54) is 0 Å². The van der Waals surface area contributed by atoms with Gasteiger partial charge in [0.05, 0.1) is 31.3 Å². The van der Waals surface area contributed by atoms with Gasteiger partial charge in [-0.1, -0.05) is 24.3 Å². The monoisotopic (exact) mass is 448 g/mol. The molecule has 2 aliphatic heterocycles. The minimum Gasteiger partial charge on any atom is -0.491 e. The number of aromatic nitrogens is 1. The third kappa shape index (κ3) is 4.08. The molecule has 0 radical (unpaired) electrons. The first-order valence-corrected chi connectivity index (χ1v) is 10.8. The first-order chi connectivity index (χ1) is 16.2. The number of hydroxylamine groups is 1.